The molecular formula is C11H15N5O2S. The van der Waals surface area contributed by atoms with Gasteiger partial charge in [0.05, 0.1) is 18.0 Å². The van der Waals surface area contributed by atoms with Crippen LogP contribution in [0.4, 0.5) is 0 Å². The van der Waals surface area contributed by atoms with Gasteiger partial charge in [0, 0.05) is 18.8 Å². The number of carbonyl (C=O) groups is 1. The molecule has 19 heavy (non-hydrogen) atoms. The lowest BCUT2D eigenvalue weighted by atomic mass is 10.2. The lowest BCUT2D eigenvalue weighted by Crippen LogP contribution is -2.04. The standard InChI is InChI=1S/C11H15N5O2S/c1-3-9-8(4-15(2)14-9)5-16-7-12-13-11(16)19-6-10(17)18/h4,7H,3,5-6H2,1-2H3,(H,17,18). The Kier molecular flexibility index (Phi) is 4.20. The summed E-state index contributed by atoms with van der Waals surface area (Å²) in [6.07, 6.45) is 4.43. The van der Waals surface area contributed by atoms with E-state index in [1.54, 1.807) is 11.0 Å². The highest BCUT2D eigenvalue weighted by molar-refractivity contribution is 7.99. The van der Waals surface area contributed by atoms with Gasteiger partial charge in [-0.25, -0.2) is 0 Å². The molecule has 0 aromatic carbocycles. The molecule has 0 aliphatic rings. The van der Waals surface area contributed by atoms with Gasteiger partial charge in [0.15, 0.2) is 5.16 Å². The van der Waals surface area contributed by atoms with Gasteiger partial charge in [-0.15, -0.1) is 10.2 Å². The number of aromatic nitrogens is 5. The van der Waals surface area contributed by atoms with Crippen LogP contribution in [-0.4, -0.2) is 41.4 Å². The van der Waals surface area contributed by atoms with E-state index in [0.29, 0.717) is 11.7 Å². The number of hydrogen-bond donors (Lipinski definition) is 1. The van der Waals surface area contributed by atoms with Gasteiger partial charge in [-0.05, 0) is 6.42 Å². The molecule has 0 unspecified atom stereocenters. The normalized spacial score (nSPS) is 10.8. The zero-order valence-electron chi connectivity index (χ0n) is 10.8. The molecule has 0 atom stereocenters. The molecule has 2 aromatic heterocycles. The van der Waals surface area contributed by atoms with Crippen molar-refractivity contribution in [2.24, 2.45) is 7.05 Å². The quantitative estimate of drug-likeness (QED) is 0.788. The molecule has 0 spiro atoms. The summed E-state index contributed by atoms with van der Waals surface area (Å²) in [5.74, 6) is -0.887. The number of carboxylic acids is 1. The number of nitrogens with zero attached hydrogens (tertiary/aromatic N) is 5. The Hall–Kier alpha value is -1.83. The lowest BCUT2D eigenvalue weighted by Gasteiger charge is -2.04. The summed E-state index contributed by atoms with van der Waals surface area (Å²) < 4.78 is 3.62. The number of hydrogen-bond acceptors (Lipinski definition) is 5. The van der Waals surface area contributed by atoms with Crippen LogP contribution in [0.3, 0.4) is 0 Å². The number of aryl methyl sites for hydroxylation is 2. The first-order valence-corrected chi connectivity index (χ1v) is 6.82. The van der Waals surface area contributed by atoms with E-state index in [9.17, 15) is 4.79 Å². The average Bonchev–Trinajstić information content (AvgIpc) is 2.93. The zero-order valence-corrected chi connectivity index (χ0v) is 11.6. The van der Waals surface area contributed by atoms with Gasteiger partial charge in [0.1, 0.15) is 6.33 Å². The molecule has 0 aliphatic carbocycles. The van der Waals surface area contributed by atoms with Crippen LogP contribution in [0.25, 0.3) is 0 Å². The third kappa shape index (κ3) is 3.34. The smallest absolute Gasteiger partial charge is 0.313 e. The highest BCUT2D eigenvalue weighted by Gasteiger charge is 2.11. The molecule has 0 radical (unpaired) electrons. The summed E-state index contributed by atoms with van der Waals surface area (Å²) in [6, 6.07) is 0. The van der Waals surface area contributed by atoms with E-state index < -0.39 is 5.97 Å². The maximum Gasteiger partial charge on any atom is 0.313 e. The van der Waals surface area contributed by atoms with Crippen molar-refractivity contribution in [3.63, 3.8) is 0 Å². The molecular weight excluding hydrogens is 266 g/mol. The fraction of sp³-hybridized carbons (Fsp3) is 0.455. The Morgan fingerprint density at radius 1 is 1.53 bits per heavy atom. The number of carboxylic acid groups (broad SMARTS) is 1. The molecule has 2 heterocycles. The molecule has 0 amide bonds. The molecule has 0 fully saturated rings. The van der Waals surface area contributed by atoms with Crippen molar-refractivity contribution in [3.05, 3.63) is 23.8 Å². The summed E-state index contributed by atoms with van der Waals surface area (Å²) in [5.41, 5.74) is 2.13. The van der Waals surface area contributed by atoms with E-state index in [4.69, 9.17) is 5.11 Å². The van der Waals surface area contributed by atoms with Crippen LogP contribution < -0.4 is 0 Å². The fourth-order valence-corrected chi connectivity index (χ4v) is 2.42. The number of rotatable bonds is 6. The largest absolute Gasteiger partial charge is 0.481 e. The second-order valence-corrected chi connectivity index (χ2v) is 4.99. The van der Waals surface area contributed by atoms with Crippen molar-refractivity contribution in [1.29, 1.82) is 0 Å². The first-order chi connectivity index (χ1) is 9.10. The van der Waals surface area contributed by atoms with Crippen LogP contribution in [0.1, 0.15) is 18.2 Å². The maximum absolute atomic E-state index is 10.6. The van der Waals surface area contributed by atoms with Gasteiger partial charge in [-0.2, -0.15) is 5.10 Å². The van der Waals surface area contributed by atoms with Crippen molar-refractivity contribution in [3.8, 4) is 0 Å². The molecule has 7 nitrogen and oxygen atoms in total. The molecule has 8 heteroatoms. The molecule has 0 saturated carbocycles. The Labute approximate surface area is 114 Å². The first-order valence-electron chi connectivity index (χ1n) is 5.84. The lowest BCUT2D eigenvalue weighted by molar-refractivity contribution is -0.133. The Morgan fingerprint density at radius 3 is 3.00 bits per heavy atom. The predicted molar refractivity (Wildman–Crippen MR) is 70.1 cm³/mol. The van der Waals surface area contributed by atoms with E-state index in [2.05, 4.69) is 22.2 Å². The molecule has 0 aliphatic heterocycles. The van der Waals surface area contributed by atoms with Crippen LogP contribution in [0, 0.1) is 0 Å². The van der Waals surface area contributed by atoms with Gasteiger partial charge < -0.3 is 9.67 Å². The highest BCUT2D eigenvalue weighted by Crippen LogP contribution is 2.17. The van der Waals surface area contributed by atoms with Crippen molar-refractivity contribution < 1.29 is 9.90 Å². The molecule has 2 rings (SSSR count). The summed E-state index contributed by atoms with van der Waals surface area (Å²) in [5, 5.41) is 21.4. The van der Waals surface area contributed by atoms with E-state index in [0.717, 1.165) is 29.4 Å². The van der Waals surface area contributed by atoms with E-state index in [1.165, 1.54) is 0 Å². The predicted octanol–water partition coefficient (Wildman–Crippen LogP) is 0.799. The second kappa shape index (κ2) is 5.87. The zero-order chi connectivity index (χ0) is 13.8. The molecule has 2 aromatic rings. The number of aliphatic carboxylic acids is 1. The molecule has 0 bridgehead atoms. The third-order valence-electron chi connectivity index (χ3n) is 2.57. The molecule has 1 N–H and O–H groups in total. The van der Waals surface area contributed by atoms with Crippen LogP contribution in [0.2, 0.25) is 0 Å². The van der Waals surface area contributed by atoms with Crippen LogP contribution in [0.15, 0.2) is 17.7 Å². The van der Waals surface area contributed by atoms with Gasteiger partial charge in [-0.1, -0.05) is 18.7 Å². The topological polar surface area (TPSA) is 85.8 Å². The van der Waals surface area contributed by atoms with Crippen molar-refractivity contribution in [2.75, 3.05) is 5.75 Å². The Bertz CT molecular complexity index is 577. The first kappa shape index (κ1) is 13.6. The maximum atomic E-state index is 10.6. The minimum Gasteiger partial charge on any atom is -0.481 e. The van der Waals surface area contributed by atoms with Gasteiger partial charge in [-0.3, -0.25) is 9.48 Å². The van der Waals surface area contributed by atoms with Crippen LogP contribution in [-0.2, 0) is 24.8 Å². The van der Waals surface area contributed by atoms with E-state index >= 15 is 0 Å². The fourth-order valence-electron chi connectivity index (χ4n) is 1.79. The second-order valence-electron chi connectivity index (χ2n) is 4.05. The minimum atomic E-state index is -0.866. The van der Waals surface area contributed by atoms with E-state index in [1.807, 2.05) is 17.8 Å². The monoisotopic (exact) mass is 281 g/mol. The van der Waals surface area contributed by atoms with Crippen molar-refractivity contribution in [2.45, 2.75) is 25.0 Å². The Morgan fingerprint density at radius 2 is 2.32 bits per heavy atom. The van der Waals surface area contributed by atoms with Crippen LogP contribution >= 0.6 is 11.8 Å². The van der Waals surface area contributed by atoms with Gasteiger partial charge in [0.25, 0.3) is 0 Å². The van der Waals surface area contributed by atoms with E-state index in [-0.39, 0.29) is 5.75 Å². The van der Waals surface area contributed by atoms with Gasteiger partial charge in [0.2, 0.25) is 0 Å². The van der Waals surface area contributed by atoms with Crippen molar-refractivity contribution in [1.82, 2.24) is 24.5 Å². The SMILES string of the molecule is CCc1nn(C)cc1Cn1cnnc1SCC(=O)O. The van der Waals surface area contributed by atoms with Crippen molar-refractivity contribution >= 4 is 17.7 Å². The summed E-state index contributed by atoms with van der Waals surface area (Å²) in [4.78, 5) is 10.6. The van der Waals surface area contributed by atoms with Gasteiger partial charge >= 0.3 is 5.97 Å². The molecule has 0 saturated heterocycles. The number of thioether (sulfide) groups is 1. The Balaban J connectivity index is 2.14. The minimum absolute atomic E-state index is 0.0215. The average molecular weight is 281 g/mol. The summed E-state index contributed by atoms with van der Waals surface area (Å²) >= 11 is 1.16. The molecule has 102 valence electrons. The van der Waals surface area contributed by atoms with Crippen LogP contribution in [0.5, 0.6) is 0 Å². The highest BCUT2D eigenvalue weighted by atomic mass is 32.2. The summed E-state index contributed by atoms with van der Waals surface area (Å²) in [6.45, 7) is 2.66. The third-order valence-corrected chi connectivity index (χ3v) is 3.54. The summed E-state index contributed by atoms with van der Waals surface area (Å²) in [7, 11) is 1.88.